The molecule has 3 rings (SSSR count). The van der Waals surface area contributed by atoms with Crippen LogP contribution in [-0.2, 0) is 0 Å². The van der Waals surface area contributed by atoms with Gasteiger partial charge in [0, 0.05) is 36.1 Å². The predicted octanol–water partition coefficient (Wildman–Crippen LogP) is 4.11. The van der Waals surface area contributed by atoms with Gasteiger partial charge in [-0.2, -0.15) is 0 Å². The summed E-state index contributed by atoms with van der Waals surface area (Å²) in [6.07, 6.45) is 4.98. The summed E-state index contributed by atoms with van der Waals surface area (Å²) in [6.45, 7) is 8.01. The summed E-state index contributed by atoms with van der Waals surface area (Å²) in [5.41, 5.74) is 1.16. The lowest BCUT2D eigenvalue weighted by Crippen LogP contribution is -2.39. The van der Waals surface area contributed by atoms with Gasteiger partial charge in [0.2, 0.25) is 0 Å². The minimum absolute atomic E-state index is 0.169. The van der Waals surface area contributed by atoms with Gasteiger partial charge in [-0.1, -0.05) is 20.8 Å². The monoisotopic (exact) mass is 383 g/mol. The van der Waals surface area contributed by atoms with Gasteiger partial charge in [0.25, 0.3) is 11.8 Å². The van der Waals surface area contributed by atoms with Crippen LogP contribution in [0.3, 0.4) is 0 Å². The van der Waals surface area contributed by atoms with Gasteiger partial charge < -0.3 is 10.2 Å². The quantitative estimate of drug-likeness (QED) is 0.845. The first-order valence-corrected chi connectivity index (χ1v) is 9.48. The standard InChI is InChI=1S/C22H26FN3O2/c1-14-18(23)10-16(20(27)25-17-7-8-17)11-19(14)26(13-22(2,3)4)21(28)15-6-5-9-24-12-15/h5-6,9-12,17H,7-8,13H2,1-4H3,(H,25,27). The molecule has 0 spiro atoms. The summed E-state index contributed by atoms with van der Waals surface area (Å²) < 4.78 is 14.7. The van der Waals surface area contributed by atoms with E-state index in [2.05, 4.69) is 10.3 Å². The molecule has 1 aliphatic carbocycles. The van der Waals surface area contributed by atoms with Gasteiger partial charge in [-0.25, -0.2) is 4.39 Å². The second kappa shape index (κ2) is 7.70. The SMILES string of the molecule is Cc1c(F)cc(C(=O)NC2CC2)cc1N(CC(C)(C)C)C(=O)c1cccnc1. The number of carbonyl (C=O) groups is 2. The Labute approximate surface area is 165 Å². The third-order valence-corrected chi connectivity index (χ3v) is 4.57. The maximum Gasteiger partial charge on any atom is 0.259 e. The molecule has 1 saturated carbocycles. The first-order chi connectivity index (χ1) is 13.2. The summed E-state index contributed by atoms with van der Waals surface area (Å²) in [5.74, 6) is -1.09. The van der Waals surface area contributed by atoms with Crippen LogP contribution in [0, 0.1) is 18.2 Å². The lowest BCUT2D eigenvalue weighted by molar-refractivity contribution is 0.0946. The smallest absolute Gasteiger partial charge is 0.259 e. The molecular formula is C22H26FN3O2. The highest BCUT2D eigenvalue weighted by Gasteiger charge is 2.28. The summed E-state index contributed by atoms with van der Waals surface area (Å²) in [5, 5.41) is 2.87. The van der Waals surface area contributed by atoms with Gasteiger partial charge in [0.05, 0.1) is 11.3 Å². The van der Waals surface area contributed by atoms with Crippen molar-refractivity contribution < 1.29 is 14.0 Å². The van der Waals surface area contributed by atoms with Crippen molar-refractivity contribution in [3.63, 3.8) is 0 Å². The molecule has 1 aromatic heterocycles. The third-order valence-electron chi connectivity index (χ3n) is 4.57. The van der Waals surface area contributed by atoms with Crippen LogP contribution in [0.2, 0.25) is 0 Å². The molecule has 5 nitrogen and oxygen atoms in total. The Bertz CT molecular complexity index is 887. The maximum atomic E-state index is 14.7. The molecule has 148 valence electrons. The van der Waals surface area contributed by atoms with Crippen molar-refractivity contribution in [1.29, 1.82) is 0 Å². The topological polar surface area (TPSA) is 62.3 Å². The summed E-state index contributed by atoms with van der Waals surface area (Å²) in [7, 11) is 0. The summed E-state index contributed by atoms with van der Waals surface area (Å²) in [6, 6.07) is 6.38. The van der Waals surface area contributed by atoms with Crippen molar-refractivity contribution in [1.82, 2.24) is 10.3 Å². The van der Waals surface area contributed by atoms with Crippen LogP contribution >= 0.6 is 0 Å². The van der Waals surface area contributed by atoms with Gasteiger partial charge in [0.15, 0.2) is 0 Å². The second-order valence-electron chi connectivity index (χ2n) is 8.54. The van der Waals surface area contributed by atoms with Crippen LogP contribution in [0.25, 0.3) is 0 Å². The Morgan fingerprint density at radius 1 is 1.25 bits per heavy atom. The molecule has 28 heavy (non-hydrogen) atoms. The molecule has 0 atom stereocenters. The molecule has 0 saturated heterocycles. The number of pyridine rings is 1. The van der Waals surface area contributed by atoms with E-state index in [-0.39, 0.29) is 28.8 Å². The lowest BCUT2D eigenvalue weighted by atomic mass is 9.94. The van der Waals surface area contributed by atoms with E-state index in [0.717, 1.165) is 12.8 Å². The molecule has 0 radical (unpaired) electrons. The lowest BCUT2D eigenvalue weighted by Gasteiger charge is -2.31. The molecule has 1 fully saturated rings. The van der Waals surface area contributed by atoms with Gasteiger partial charge in [-0.3, -0.25) is 14.6 Å². The second-order valence-corrected chi connectivity index (χ2v) is 8.54. The van der Waals surface area contributed by atoms with E-state index in [1.165, 1.54) is 12.3 Å². The fourth-order valence-electron chi connectivity index (χ4n) is 2.96. The zero-order valence-corrected chi connectivity index (χ0v) is 16.8. The molecule has 2 amide bonds. The molecule has 1 aromatic carbocycles. The number of hydrogen-bond acceptors (Lipinski definition) is 3. The van der Waals surface area contributed by atoms with Crippen LogP contribution in [0.15, 0.2) is 36.7 Å². The fourth-order valence-corrected chi connectivity index (χ4v) is 2.96. The van der Waals surface area contributed by atoms with Gasteiger partial charge >= 0.3 is 0 Å². The first kappa shape index (κ1) is 20.0. The molecule has 6 heteroatoms. The molecular weight excluding hydrogens is 357 g/mol. The number of carbonyl (C=O) groups excluding carboxylic acids is 2. The number of hydrogen-bond donors (Lipinski definition) is 1. The molecule has 0 bridgehead atoms. The van der Waals surface area contributed by atoms with E-state index in [1.54, 1.807) is 36.2 Å². The van der Waals surface area contributed by atoms with Crippen LogP contribution in [0.4, 0.5) is 10.1 Å². The van der Waals surface area contributed by atoms with Crippen molar-refractivity contribution in [2.24, 2.45) is 5.41 Å². The van der Waals surface area contributed by atoms with E-state index < -0.39 is 5.82 Å². The molecule has 2 aromatic rings. The Balaban J connectivity index is 2.04. The zero-order chi connectivity index (χ0) is 20.5. The minimum Gasteiger partial charge on any atom is -0.349 e. The fraction of sp³-hybridized carbons (Fsp3) is 0.409. The Kier molecular flexibility index (Phi) is 5.49. The van der Waals surface area contributed by atoms with Gasteiger partial charge in [0.1, 0.15) is 5.82 Å². The van der Waals surface area contributed by atoms with Crippen LogP contribution in [-0.4, -0.2) is 29.4 Å². The molecule has 1 N–H and O–H groups in total. The van der Waals surface area contributed by atoms with E-state index >= 15 is 0 Å². The number of rotatable bonds is 5. The van der Waals surface area contributed by atoms with Gasteiger partial charge in [-0.15, -0.1) is 0 Å². The zero-order valence-electron chi connectivity index (χ0n) is 16.8. The average molecular weight is 383 g/mol. The number of nitrogens with zero attached hydrogens (tertiary/aromatic N) is 2. The van der Waals surface area contributed by atoms with E-state index in [1.807, 2.05) is 20.8 Å². The van der Waals surface area contributed by atoms with Crippen molar-refractivity contribution in [3.8, 4) is 0 Å². The number of anilines is 1. The van der Waals surface area contributed by atoms with Crippen LogP contribution in [0.1, 0.15) is 59.9 Å². The highest BCUT2D eigenvalue weighted by Crippen LogP contribution is 2.30. The predicted molar refractivity (Wildman–Crippen MR) is 107 cm³/mol. The van der Waals surface area contributed by atoms with Crippen molar-refractivity contribution in [2.75, 3.05) is 11.4 Å². The number of halogens is 1. The van der Waals surface area contributed by atoms with Crippen molar-refractivity contribution >= 4 is 17.5 Å². The molecule has 0 unspecified atom stereocenters. The summed E-state index contributed by atoms with van der Waals surface area (Å²) >= 11 is 0. The largest absolute Gasteiger partial charge is 0.349 e. The van der Waals surface area contributed by atoms with Crippen LogP contribution < -0.4 is 10.2 Å². The van der Waals surface area contributed by atoms with Gasteiger partial charge in [-0.05, 0) is 49.4 Å². The Morgan fingerprint density at radius 2 is 1.96 bits per heavy atom. The normalized spacial score (nSPS) is 13.9. The molecule has 0 aliphatic heterocycles. The van der Waals surface area contributed by atoms with E-state index in [4.69, 9.17) is 0 Å². The Hall–Kier alpha value is -2.76. The number of aromatic nitrogens is 1. The molecule has 1 heterocycles. The minimum atomic E-state index is -0.503. The number of nitrogens with one attached hydrogen (secondary N) is 1. The van der Waals surface area contributed by atoms with Crippen LogP contribution in [0.5, 0.6) is 0 Å². The van der Waals surface area contributed by atoms with E-state index in [9.17, 15) is 14.0 Å². The molecule has 1 aliphatic rings. The highest BCUT2D eigenvalue weighted by atomic mass is 19.1. The third kappa shape index (κ3) is 4.74. The summed E-state index contributed by atoms with van der Waals surface area (Å²) in [4.78, 5) is 31.2. The first-order valence-electron chi connectivity index (χ1n) is 9.48. The highest BCUT2D eigenvalue weighted by molar-refractivity contribution is 6.07. The van der Waals surface area contributed by atoms with Crippen molar-refractivity contribution in [2.45, 2.75) is 46.6 Å². The average Bonchev–Trinajstić information content (AvgIpc) is 3.45. The maximum absolute atomic E-state index is 14.7. The number of amides is 2. The Morgan fingerprint density at radius 3 is 2.54 bits per heavy atom. The number of benzene rings is 1. The van der Waals surface area contributed by atoms with Crippen molar-refractivity contribution in [3.05, 3.63) is 59.2 Å². The van der Waals surface area contributed by atoms with E-state index in [0.29, 0.717) is 23.4 Å².